The number of benzene rings is 1. The number of carbonyl (C=O) groups is 1. The van der Waals surface area contributed by atoms with Crippen molar-refractivity contribution in [2.75, 3.05) is 13.1 Å². The van der Waals surface area contributed by atoms with Crippen molar-refractivity contribution in [3.8, 4) is 11.9 Å². The second kappa shape index (κ2) is 7.68. The molecule has 1 aliphatic rings. The minimum atomic E-state index is -0.257. The van der Waals surface area contributed by atoms with E-state index >= 15 is 0 Å². The average Bonchev–Trinajstić information content (AvgIpc) is 2.62. The molecule has 3 rings (SSSR count). The van der Waals surface area contributed by atoms with Crippen molar-refractivity contribution >= 4 is 29.1 Å². The van der Waals surface area contributed by atoms with Gasteiger partial charge in [-0.25, -0.2) is 9.97 Å². The second-order valence-corrected chi connectivity index (χ2v) is 6.42. The van der Waals surface area contributed by atoms with Crippen LogP contribution >= 0.6 is 23.2 Å². The number of piperidine rings is 1. The summed E-state index contributed by atoms with van der Waals surface area (Å²) in [7, 11) is 0. The smallest absolute Gasteiger partial charge is 0.255 e. The number of hydrogen-bond acceptors (Lipinski definition) is 5. The summed E-state index contributed by atoms with van der Waals surface area (Å²) in [5.41, 5.74) is 0.538. The average molecular weight is 377 g/mol. The van der Waals surface area contributed by atoms with Crippen LogP contribution in [0.2, 0.25) is 10.0 Å². The number of likely N-dealkylation sites (tertiary alicyclic amines) is 1. The fourth-order valence-electron chi connectivity index (χ4n) is 2.70. The molecule has 1 atom stereocenters. The normalized spacial score (nSPS) is 17.0. The second-order valence-electron chi connectivity index (χ2n) is 5.58. The van der Waals surface area contributed by atoms with E-state index in [0.717, 1.165) is 12.8 Å². The van der Waals surface area contributed by atoms with Gasteiger partial charge in [-0.2, -0.15) is 5.26 Å². The quantitative estimate of drug-likeness (QED) is 0.820. The SMILES string of the molecule is N#Cc1nccnc1OC1CCCN(C(=O)c2ccc(Cl)cc2Cl)C1. The molecular formula is C17H14Cl2N4O2. The first kappa shape index (κ1) is 17.5. The monoisotopic (exact) mass is 376 g/mol. The third-order valence-corrected chi connectivity index (χ3v) is 4.42. The van der Waals surface area contributed by atoms with Crippen molar-refractivity contribution < 1.29 is 9.53 Å². The molecule has 25 heavy (non-hydrogen) atoms. The maximum atomic E-state index is 12.7. The van der Waals surface area contributed by atoms with Gasteiger partial charge in [0, 0.05) is 24.0 Å². The van der Waals surface area contributed by atoms with Crippen LogP contribution in [0.4, 0.5) is 0 Å². The number of amides is 1. The Morgan fingerprint density at radius 2 is 2.12 bits per heavy atom. The molecule has 0 aliphatic carbocycles. The summed E-state index contributed by atoms with van der Waals surface area (Å²) in [6.07, 6.45) is 4.19. The molecule has 1 saturated heterocycles. The van der Waals surface area contributed by atoms with E-state index in [-0.39, 0.29) is 23.6 Å². The van der Waals surface area contributed by atoms with Crippen LogP contribution in [0.15, 0.2) is 30.6 Å². The van der Waals surface area contributed by atoms with Crippen molar-refractivity contribution in [1.29, 1.82) is 5.26 Å². The van der Waals surface area contributed by atoms with Crippen LogP contribution in [-0.4, -0.2) is 40.0 Å². The predicted octanol–water partition coefficient (Wildman–Crippen LogP) is 3.34. The molecule has 0 N–H and O–H groups in total. The minimum absolute atomic E-state index is 0.131. The molecule has 8 heteroatoms. The molecule has 2 heterocycles. The van der Waals surface area contributed by atoms with Crippen LogP contribution in [0, 0.1) is 11.3 Å². The molecule has 1 aromatic carbocycles. The van der Waals surface area contributed by atoms with Crippen molar-refractivity contribution in [3.05, 3.63) is 51.9 Å². The molecule has 0 saturated carbocycles. The van der Waals surface area contributed by atoms with Gasteiger partial charge < -0.3 is 9.64 Å². The highest BCUT2D eigenvalue weighted by Gasteiger charge is 2.27. The van der Waals surface area contributed by atoms with E-state index in [4.69, 9.17) is 33.2 Å². The van der Waals surface area contributed by atoms with Crippen LogP contribution in [0.5, 0.6) is 5.88 Å². The van der Waals surface area contributed by atoms with Gasteiger partial charge in [-0.05, 0) is 31.0 Å². The van der Waals surface area contributed by atoms with Crippen LogP contribution in [-0.2, 0) is 0 Å². The lowest BCUT2D eigenvalue weighted by Gasteiger charge is -2.32. The molecule has 1 aromatic heterocycles. The van der Waals surface area contributed by atoms with Crippen LogP contribution in [0.1, 0.15) is 28.9 Å². The van der Waals surface area contributed by atoms with Gasteiger partial charge in [0.1, 0.15) is 12.2 Å². The Bertz CT molecular complexity index is 838. The fraction of sp³-hybridized carbons (Fsp3) is 0.294. The van der Waals surface area contributed by atoms with E-state index < -0.39 is 0 Å². The zero-order valence-electron chi connectivity index (χ0n) is 13.2. The predicted molar refractivity (Wildman–Crippen MR) is 92.8 cm³/mol. The van der Waals surface area contributed by atoms with E-state index in [1.807, 2.05) is 6.07 Å². The standard InChI is InChI=1S/C17H14Cl2N4O2/c18-11-3-4-13(14(19)8-11)17(24)23-7-1-2-12(10-23)25-16-15(9-20)21-5-6-22-16/h3-6,8,12H,1-2,7,10H2. The molecule has 1 unspecified atom stereocenters. The van der Waals surface area contributed by atoms with Gasteiger partial charge in [-0.3, -0.25) is 4.79 Å². The first-order valence-electron chi connectivity index (χ1n) is 7.70. The van der Waals surface area contributed by atoms with Gasteiger partial charge in [0.2, 0.25) is 5.69 Å². The Labute approximate surface area is 155 Å². The topological polar surface area (TPSA) is 79.1 Å². The van der Waals surface area contributed by atoms with Crippen molar-refractivity contribution in [2.45, 2.75) is 18.9 Å². The summed E-state index contributed by atoms with van der Waals surface area (Å²) in [5, 5.41) is 9.87. The lowest BCUT2D eigenvalue weighted by atomic mass is 10.1. The largest absolute Gasteiger partial charge is 0.470 e. The number of halogens is 2. The first-order chi connectivity index (χ1) is 12.1. The summed E-state index contributed by atoms with van der Waals surface area (Å²) in [4.78, 5) is 22.4. The molecule has 0 spiro atoms. The fourth-order valence-corrected chi connectivity index (χ4v) is 3.19. The molecule has 1 fully saturated rings. The summed E-state index contributed by atoms with van der Waals surface area (Å²) in [6.45, 7) is 1.00. The Morgan fingerprint density at radius 1 is 1.32 bits per heavy atom. The Kier molecular flexibility index (Phi) is 5.37. The highest BCUT2D eigenvalue weighted by Crippen LogP contribution is 2.25. The zero-order valence-corrected chi connectivity index (χ0v) is 14.7. The molecule has 0 radical (unpaired) electrons. The van der Waals surface area contributed by atoms with Gasteiger partial charge in [0.15, 0.2) is 0 Å². The number of nitrogens with zero attached hydrogens (tertiary/aromatic N) is 4. The van der Waals surface area contributed by atoms with E-state index in [9.17, 15) is 4.79 Å². The third kappa shape index (κ3) is 4.01. The van der Waals surface area contributed by atoms with Gasteiger partial charge in [-0.15, -0.1) is 0 Å². The minimum Gasteiger partial charge on any atom is -0.470 e. The Morgan fingerprint density at radius 3 is 2.88 bits per heavy atom. The van der Waals surface area contributed by atoms with Crippen molar-refractivity contribution in [3.63, 3.8) is 0 Å². The first-order valence-corrected chi connectivity index (χ1v) is 8.46. The lowest BCUT2D eigenvalue weighted by Crippen LogP contribution is -2.44. The summed E-state index contributed by atoms with van der Waals surface area (Å²) in [5.74, 6) is 0.0171. The summed E-state index contributed by atoms with van der Waals surface area (Å²) >= 11 is 12.0. The molecular weight excluding hydrogens is 363 g/mol. The zero-order chi connectivity index (χ0) is 17.8. The highest BCUT2D eigenvalue weighted by atomic mass is 35.5. The number of ether oxygens (including phenoxy) is 1. The van der Waals surface area contributed by atoms with Crippen LogP contribution in [0.3, 0.4) is 0 Å². The molecule has 128 valence electrons. The van der Waals surface area contributed by atoms with Gasteiger partial charge in [-0.1, -0.05) is 23.2 Å². The number of rotatable bonds is 3. The van der Waals surface area contributed by atoms with Gasteiger partial charge in [0.25, 0.3) is 11.8 Å². The maximum absolute atomic E-state index is 12.7. The lowest BCUT2D eigenvalue weighted by molar-refractivity contribution is 0.0526. The van der Waals surface area contributed by atoms with E-state index in [0.29, 0.717) is 28.7 Å². The van der Waals surface area contributed by atoms with Crippen molar-refractivity contribution in [2.24, 2.45) is 0 Å². The van der Waals surface area contributed by atoms with E-state index in [2.05, 4.69) is 9.97 Å². The summed E-state index contributed by atoms with van der Waals surface area (Å²) in [6, 6.07) is 6.75. The molecule has 6 nitrogen and oxygen atoms in total. The number of carbonyl (C=O) groups excluding carboxylic acids is 1. The maximum Gasteiger partial charge on any atom is 0.255 e. The van der Waals surface area contributed by atoms with Gasteiger partial charge in [0.05, 0.1) is 17.1 Å². The van der Waals surface area contributed by atoms with E-state index in [1.165, 1.54) is 12.4 Å². The molecule has 1 aliphatic heterocycles. The number of nitriles is 1. The Hall–Kier alpha value is -2.36. The number of aromatic nitrogens is 2. The van der Waals surface area contributed by atoms with Gasteiger partial charge >= 0.3 is 0 Å². The molecule has 1 amide bonds. The molecule has 0 bridgehead atoms. The third-order valence-electron chi connectivity index (χ3n) is 3.88. The summed E-state index contributed by atoms with van der Waals surface area (Å²) < 4.78 is 5.80. The Balaban J connectivity index is 1.73. The highest BCUT2D eigenvalue weighted by molar-refractivity contribution is 6.36. The van der Waals surface area contributed by atoms with Crippen molar-refractivity contribution in [1.82, 2.24) is 14.9 Å². The number of hydrogen-bond donors (Lipinski definition) is 0. The van der Waals surface area contributed by atoms with Crippen LogP contribution in [0.25, 0.3) is 0 Å². The molecule has 2 aromatic rings. The van der Waals surface area contributed by atoms with Crippen LogP contribution < -0.4 is 4.74 Å². The van der Waals surface area contributed by atoms with E-state index in [1.54, 1.807) is 23.1 Å².